The third-order valence-electron chi connectivity index (χ3n) is 4.42. The molecule has 0 amide bonds. The zero-order valence-electron chi connectivity index (χ0n) is 13.0. The van der Waals surface area contributed by atoms with Crippen LogP contribution in [0, 0.1) is 13.8 Å². The Hall–Kier alpha value is -2.35. The van der Waals surface area contributed by atoms with Crippen LogP contribution in [-0.4, -0.2) is 4.98 Å². The summed E-state index contributed by atoms with van der Waals surface area (Å²) in [5, 5.41) is 1.13. The quantitative estimate of drug-likeness (QED) is 0.652. The van der Waals surface area contributed by atoms with E-state index in [9.17, 15) is 0 Å². The highest BCUT2D eigenvalue weighted by Crippen LogP contribution is 2.39. The molecule has 22 heavy (non-hydrogen) atoms. The Labute approximate surface area is 130 Å². The van der Waals surface area contributed by atoms with Crippen molar-refractivity contribution in [3.63, 3.8) is 0 Å². The van der Waals surface area contributed by atoms with Crippen molar-refractivity contribution >= 4 is 10.9 Å². The van der Waals surface area contributed by atoms with Crippen LogP contribution < -0.4 is 4.74 Å². The molecule has 0 atom stereocenters. The molecule has 2 nitrogen and oxygen atoms in total. The van der Waals surface area contributed by atoms with Gasteiger partial charge in [-0.25, -0.2) is 0 Å². The van der Waals surface area contributed by atoms with Crippen LogP contribution >= 0.6 is 0 Å². The average molecular weight is 289 g/mol. The number of pyridine rings is 1. The first-order valence-electron chi connectivity index (χ1n) is 7.88. The van der Waals surface area contributed by atoms with Crippen LogP contribution in [0.15, 0.2) is 42.5 Å². The van der Waals surface area contributed by atoms with Crippen molar-refractivity contribution in [2.24, 2.45) is 0 Å². The lowest BCUT2D eigenvalue weighted by Gasteiger charge is -2.15. The SMILES string of the molecule is Cc1ccc2nc3c(c(Oc4ccccc4C)c2c1)CCC3. The first-order chi connectivity index (χ1) is 10.7. The number of nitrogens with zero attached hydrogens (tertiary/aromatic N) is 1. The number of ether oxygens (including phenoxy) is 1. The summed E-state index contributed by atoms with van der Waals surface area (Å²) in [6.07, 6.45) is 3.29. The minimum absolute atomic E-state index is 0.936. The topological polar surface area (TPSA) is 22.1 Å². The third kappa shape index (κ3) is 2.16. The van der Waals surface area contributed by atoms with Crippen molar-refractivity contribution in [2.45, 2.75) is 33.1 Å². The maximum Gasteiger partial charge on any atom is 0.141 e. The smallest absolute Gasteiger partial charge is 0.141 e. The molecule has 2 aromatic carbocycles. The predicted octanol–water partition coefficient (Wildman–Crippen LogP) is 5.13. The molecule has 0 fully saturated rings. The molecular formula is C20H19NO. The van der Waals surface area contributed by atoms with Gasteiger partial charge in [0.25, 0.3) is 0 Å². The summed E-state index contributed by atoms with van der Waals surface area (Å²) < 4.78 is 6.38. The predicted molar refractivity (Wildman–Crippen MR) is 89.8 cm³/mol. The minimum atomic E-state index is 0.936. The molecule has 1 aliphatic rings. The second kappa shape index (κ2) is 5.13. The van der Waals surface area contributed by atoms with Crippen molar-refractivity contribution in [1.29, 1.82) is 0 Å². The highest BCUT2D eigenvalue weighted by molar-refractivity contribution is 5.88. The Morgan fingerprint density at radius 2 is 1.86 bits per heavy atom. The van der Waals surface area contributed by atoms with Gasteiger partial charge in [0.05, 0.1) is 5.52 Å². The van der Waals surface area contributed by atoms with Gasteiger partial charge in [-0.1, -0.05) is 29.8 Å². The van der Waals surface area contributed by atoms with E-state index in [0.717, 1.165) is 40.8 Å². The van der Waals surface area contributed by atoms with E-state index in [-0.39, 0.29) is 0 Å². The number of rotatable bonds is 2. The second-order valence-corrected chi connectivity index (χ2v) is 6.11. The minimum Gasteiger partial charge on any atom is -0.456 e. The molecule has 0 radical (unpaired) electrons. The van der Waals surface area contributed by atoms with Crippen LogP contribution in [0.5, 0.6) is 11.5 Å². The molecule has 0 spiro atoms. The molecule has 0 N–H and O–H groups in total. The van der Waals surface area contributed by atoms with Gasteiger partial charge in [-0.2, -0.15) is 0 Å². The van der Waals surface area contributed by atoms with Crippen LogP contribution in [0.4, 0.5) is 0 Å². The number of para-hydroxylation sites is 1. The maximum atomic E-state index is 6.38. The van der Waals surface area contributed by atoms with Gasteiger partial charge in [0.15, 0.2) is 0 Å². The first-order valence-corrected chi connectivity index (χ1v) is 7.88. The molecule has 110 valence electrons. The van der Waals surface area contributed by atoms with Crippen LogP contribution in [-0.2, 0) is 12.8 Å². The lowest BCUT2D eigenvalue weighted by atomic mass is 10.1. The van der Waals surface area contributed by atoms with E-state index in [1.165, 1.54) is 23.2 Å². The molecule has 0 bridgehead atoms. The molecule has 1 aromatic heterocycles. The summed E-state index contributed by atoms with van der Waals surface area (Å²) in [5.74, 6) is 1.95. The highest BCUT2D eigenvalue weighted by Gasteiger charge is 2.21. The fourth-order valence-electron chi connectivity index (χ4n) is 3.23. The maximum absolute atomic E-state index is 6.38. The van der Waals surface area contributed by atoms with Crippen LogP contribution in [0.25, 0.3) is 10.9 Å². The number of aryl methyl sites for hydroxylation is 3. The van der Waals surface area contributed by atoms with Gasteiger partial charge >= 0.3 is 0 Å². The van der Waals surface area contributed by atoms with Crippen molar-refractivity contribution in [2.75, 3.05) is 0 Å². The number of aromatic nitrogens is 1. The van der Waals surface area contributed by atoms with E-state index in [2.05, 4.69) is 38.1 Å². The van der Waals surface area contributed by atoms with Crippen molar-refractivity contribution in [3.05, 3.63) is 64.8 Å². The van der Waals surface area contributed by atoms with E-state index in [1.807, 2.05) is 18.2 Å². The van der Waals surface area contributed by atoms with Gasteiger partial charge in [0, 0.05) is 16.6 Å². The second-order valence-electron chi connectivity index (χ2n) is 6.11. The number of hydrogen-bond acceptors (Lipinski definition) is 2. The standard InChI is InChI=1S/C20H19NO/c1-13-10-11-18-16(12-13)20(15-7-5-8-17(15)21-18)22-19-9-4-3-6-14(19)2/h3-4,6,9-12H,5,7-8H2,1-2H3. The Morgan fingerprint density at radius 3 is 2.73 bits per heavy atom. The van der Waals surface area contributed by atoms with Crippen LogP contribution in [0.1, 0.15) is 28.8 Å². The molecule has 4 rings (SSSR count). The molecule has 0 saturated heterocycles. The molecular weight excluding hydrogens is 270 g/mol. The van der Waals surface area contributed by atoms with Gasteiger partial charge in [-0.05, 0) is 56.9 Å². The van der Waals surface area contributed by atoms with Crippen LogP contribution in [0.3, 0.4) is 0 Å². The lowest BCUT2D eigenvalue weighted by molar-refractivity contribution is 0.478. The molecule has 0 unspecified atom stereocenters. The van der Waals surface area contributed by atoms with Crippen LogP contribution in [0.2, 0.25) is 0 Å². The first kappa shape index (κ1) is 13.3. The molecule has 3 aromatic rings. The molecule has 0 saturated carbocycles. The number of benzene rings is 2. The number of fused-ring (bicyclic) bond motifs is 2. The van der Waals surface area contributed by atoms with E-state index >= 15 is 0 Å². The molecule has 1 heterocycles. The fourth-order valence-corrected chi connectivity index (χ4v) is 3.23. The summed E-state index contributed by atoms with van der Waals surface area (Å²) in [4.78, 5) is 4.84. The fraction of sp³-hybridized carbons (Fsp3) is 0.250. The molecule has 2 heteroatoms. The summed E-state index contributed by atoms with van der Waals surface area (Å²) in [7, 11) is 0. The Balaban J connectivity index is 1.95. The van der Waals surface area contributed by atoms with Gasteiger partial charge in [0.1, 0.15) is 11.5 Å². The monoisotopic (exact) mass is 289 g/mol. The van der Waals surface area contributed by atoms with Gasteiger partial charge in [-0.3, -0.25) is 4.98 Å². The normalized spacial score (nSPS) is 13.4. The zero-order chi connectivity index (χ0) is 15.1. The lowest BCUT2D eigenvalue weighted by Crippen LogP contribution is -1.97. The molecule has 0 aliphatic heterocycles. The van der Waals surface area contributed by atoms with Gasteiger partial charge < -0.3 is 4.74 Å². The summed E-state index contributed by atoms with van der Waals surface area (Å²) in [6.45, 7) is 4.20. The van der Waals surface area contributed by atoms with Crippen molar-refractivity contribution in [3.8, 4) is 11.5 Å². The van der Waals surface area contributed by atoms with Crippen molar-refractivity contribution < 1.29 is 4.74 Å². The van der Waals surface area contributed by atoms with E-state index in [1.54, 1.807) is 0 Å². The number of hydrogen-bond donors (Lipinski definition) is 0. The van der Waals surface area contributed by atoms with Gasteiger partial charge in [0.2, 0.25) is 0 Å². The highest BCUT2D eigenvalue weighted by atomic mass is 16.5. The third-order valence-corrected chi connectivity index (χ3v) is 4.42. The van der Waals surface area contributed by atoms with E-state index in [0.29, 0.717) is 0 Å². The average Bonchev–Trinajstić information content (AvgIpc) is 2.98. The largest absolute Gasteiger partial charge is 0.456 e. The Kier molecular flexibility index (Phi) is 3.11. The summed E-state index contributed by atoms with van der Waals surface area (Å²) in [5.41, 5.74) is 5.94. The van der Waals surface area contributed by atoms with E-state index in [4.69, 9.17) is 9.72 Å². The summed E-state index contributed by atoms with van der Waals surface area (Å²) in [6, 6.07) is 14.6. The Morgan fingerprint density at radius 1 is 1.00 bits per heavy atom. The van der Waals surface area contributed by atoms with E-state index < -0.39 is 0 Å². The van der Waals surface area contributed by atoms with Gasteiger partial charge in [-0.15, -0.1) is 0 Å². The van der Waals surface area contributed by atoms with Crippen molar-refractivity contribution in [1.82, 2.24) is 4.98 Å². The Bertz CT molecular complexity index is 867. The molecule has 1 aliphatic carbocycles. The summed E-state index contributed by atoms with van der Waals surface area (Å²) >= 11 is 0. The zero-order valence-corrected chi connectivity index (χ0v) is 13.0.